The molecular formula is C14H17ClN4O2. The highest BCUT2D eigenvalue weighted by atomic mass is 35.5. The van der Waals surface area contributed by atoms with E-state index < -0.39 is 5.97 Å². The first-order chi connectivity index (χ1) is 9.79. The lowest BCUT2D eigenvalue weighted by atomic mass is 10.2. The number of guanidine groups is 1. The first-order valence-corrected chi connectivity index (χ1v) is 6.83. The molecule has 0 aliphatic carbocycles. The monoisotopic (exact) mass is 308 g/mol. The van der Waals surface area contributed by atoms with Crippen LogP contribution in [-0.4, -0.2) is 21.6 Å². The first-order valence-electron chi connectivity index (χ1n) is 6.45. The third-order valence-electron chi connectivity index (χ3n) is 2.96. The number of hydrogen-bond donors (Lipinski definition) is 3. The maximum absolute atomic E-state index is 11.4. The minimum atomic E-state index is -0.994. The summed E-state index contributed by atoms with van der Waals surface area (Å²) in [4.78, 5) is 15.4. The molecule has 6 nitrogen and oxygen atoms in total. The van der Waals surface area contributed by atoms with Crippen molar-refractivity contribution in [1.29, 1.82) is 0 Å². The van der Waals surface area contributed by atoms with E-state index in [4.69, 9.17) is 23.1 Å². The van der Waals surface area contributed by atoms with Crippen molar-refractivity contribution in [3.05, 3.63) is 28.9 Å². The summed E-state index contributed by atoms with van der Waals surface area (Å²) in [5.74, 6) is -0.788. The highest BCUT2D eigenvalue weighted by molar-refractivity contribution is 6.35. The Morgan fingerprint density at radius 3 is 2.57 bits per heavy atom. The summed E-state index contributed by atoms with van der Waals surface area (Å²) in [6.07, 6.45) is 0. The van der Waals surface area contributed by atoms with Crippen molar-refractivity contribution in [2.45, 2.75) is 20.4 Å². The second kappa shape index (κ2) is 5.65. The van der Waals surface area contributed by atoms with Gasteiger partial charge in [0.25, 0.3) is 0 Å². The zero-order chi connectivity index (χ0) is 15.7. The molecule has 0 aliphatic heterocycles. The van der Waals surface area contributed by atoms with Gasteiger partial charge in [-0.1, -0.05) is 25.4 Å². The van der Waals surface area contributed by atoms with Crippen LogP contribution in [-0.2, 0) is 6.54 Å². The Balaban J connectivity index is 2.73. The van der Waals surface area contributed by atoms with Crippen molar-refractivity contribution in [2.24, 2.45) is 22.4 Å². The molecule has 0 saturated heterocycles. The molecule has 0 spiro atoms. The summed E-state index contributed by atoms with van der Waals surface area (Å²) >= 11 is 6.29. The van der Waals surface area contributed by atoms with Crippen molar-refractivity contribution in [2.75, 3.05) is 0 Å². The lowest BCUT2D eigenvalue weighted by Gasteiger charge is -2.12. The van der Waals surface area contributed by atoms with Crippen LogP contribution in [0.25, 0.3) is 10.9 Å². The van der Waals surface area contributed by atoms with E-state index in [0.29, 0.717) is 28.2 Å². The van der Waals surface area contributed by atoms with E-state index in [2.05, 4.69) is 4.99 Å². The van der Waals surface area contributed by atoms with E-state index in [0.717, 1.165) is 0 Å². The van der Waals surface area contributed by atoms with Crippen LogP contribution in [0.5, 0.6) is 0 Å². The number of hydrogen-bond acceptors (Lipinski definition) is 2. The van der Waals surface area contributed by atoms with Crippen molar-refractivity contribution >= 4 is 40.1 Å². The zero-order valence-electron chi connectivity index (χ0n) is 11.8. The first kappa shape index (κ1) is 15.2. The summed E-state index contributed by atoms with van der Waals surface area (Å²) in [6, 6.07) is 4.91. The summed E-state index contributed by atoms with van der Waals surface area (Å²) < 4.78 is 1.71. The normalized spacial score (nSPS) is 11.0. The largest absolute Gasteiger partial charge is 0.477 e. The summed E-state index contributed by atoms with van der Waals surface area (Å²) in [6.45, 7) is 4.59. The van der Waals surface area contributed by atoms with Crippen LogP contribution < -0.4 is 11.5 Å². The predicted octanol–water partition coefficient (Wildman–Crippen LogP) is 2.55. The van der Waals surface area contributed by atoms with Gasteiger partial charge in [-0.2, -0.15) is 0 Å². The van der Waals surface area contributed by atoms with E-state index in [1.54, 1.807) is 22.8 Å². The van der Waals surface area contributed by atoms with Gasteiger partial charge in [0, 0.05) is 11.9 Å². The molecule has 2 rings (SSSR count). The number of carboxylic acid groups (broad SMARTS) is 1. The molecule has 1 aromatic carbocycles. The van der Waals surface area contributed by atoms with Gasteiger partial charge in [-0.3, -0.25) is 0 Å². The Morgan fingerprint density at radius 1 is 1.38 bits per heavy atom. The molecule has 1 aromatic heterocycles. The van der Waals surface area contributed by atoms with Gasteiger partial charge in [-0.05, 0) is 24.1 Å². The quantitative estimate of drug-likeness (QED) is 0.596. The molecule has 1 heterocycles. The molecule has 5 N–H and O–H groups in total. The molecule has 0 aliphatic rings. The van der Waals surface area contributed by atoms with Gasteiger partial charge in [0.15, 0.2) is 5.96 Å². The van der Waals surface area contributed by atoms with Crippen LogP contribution >= 0.6 is 11.6 Å². The van der Waals surface area contributed by atoms with Crippen LogP contribution in [0, 0.1) is 5.92 Å². The van der Waals surface area contributed by atoms with Crippen molar-refractivity contribution < 1.29 is 9.90 Å². The fourth-order valence-electron chi connectivity index (χ4n) is 2.29. The number of aromatic nitrogens is 1. The van der Waals surface area contributed by atoms with Crippen LogP contribution in [0.15, 0.2) is 23.2 Å². The molecule has 21 heavy (non-hydrogen) atoms. The Bertz CT molecular complexity index is 730. The number of carbonyl (C=O) groups is 1. The Morgan fingerprint density at radius 2 is 2.05 bits per heavy atom. The zero-order valence-corrected chi connectivity index (χ0v) is 12.6. The number of carboxylic acids is 1. The van der Waals surface area contributed by atoms with E-state index >= 15 is 0 Å². The number of fused-ring (bicyclic) bond motifs is 1. The van der Waals surface area contributed by atoms with Crippen LogP contribution in [0.4, 0.5) is 5.69 Å². The van der Waals surface area contributed by atoms with E-state index in [1.165, 1.54) is 0 Å². The molecule has 0 radical (unpaired) electrons. The lowest BCUT2D eigenvalue weighted by molar-refractivity contribution is 0.0685. The Kier molecular flexibility index (Phi) is 4.09. The number of nitrogens with two attached hydrogens (primary N) is 2. The average Bonchev–Trinajstić information content (AvgIpc) is 2.66. The highest BCUT2D eigenvalue weighted by Crippen LogP contribution is 2.32. The molecule has 0 amide bonds. The second-order valence-corrected chi connectivity index (χ2v) is 5.65. The standard InChI is InChI=1S/C14H17ClN4O2/c1-7(2)6-19-11(13(20)21)4-8-3-9(18-14(16)17)5-10(15)12(8)19/h3-5,7H,6H2,1-2H3,(H,20,21)(H4,16,17,18). The van der Waals surface area contributed by atoms with Gasteiger partial charge in [-0.15, -0.1) is 0 Å². The maximum atomic E-state index is 11.4. The average molecular weight is 309 g/mol. The van der Waals surface area contributed by atoms with Crippen LogP contribution in [0.2, 0.25) is 5.02 Å². The van der Waals surface area contributed by atoms with Gasteiger partial charge < -0.3 is 21.1 Å². The number of nitrogens with zero attached hydrogens (tertiary/aromatic N) is 2. The van der Waals surface area contributed by atoms with Crippen molar-refractivity contribution in [3.63, 3.8) is 0 Å². The SMILES string of the molecule is CC(C)Cn1c(C(=O)O)cc2cc(N=C(N)N)cc(Cl)c21. The number of benzene rings is 1. The molecule has 0 bridgehead atoms. The fourth-order valence-corrected chi connectivity index (χ4v) is 2.61. The van der Waals surface area contributed by atoms with E-state index in [1.807, 2.05) is 13.8 Å². The lowest BCUT2D eigenvalue weighted by Crippen LogP contribution is -2.21. The highest BCUT2D eigenvalue weighted by Gasteiger charge is 2.18. The topological polar surface area (TPSA) is 107 Å². The Labute approximate surface area is 127 Å². The van der Waals surface area contributed by atoms with Crippen LogP contribution in [0.3, 0.4) is 0 Å². The molecule has 7 heteroatoms. The molecule has 0 fully saturated rings. The summed E-state index contributed by atoms with van der Waals surface area (Å²) in [5, 5.41) is 10.5. The molecule has 0 unspecified atom stereocenters. The van der Waals surface area contributed by atoms with Gasteiger partial charge in [0.2, 0.25) is 0 Å². The molecule has 112 valence electrons. The number of halogens is 1. The molecule has 2 aromatic rings. The molecule has 0 atom stereocenters. The van der Waals surface area contributed by atoms with E-state index in [-0.39, 0.29) is 17.6 Å². The smallest absolute Gasteiger partial charge is 0.352 e. The van der Waals surface area contributed by atoms with Gasteiger partial charge in [0.05, 0.1) is 16.2 Å². The second-order valence-electron chi connectivity index (χ2n) is 5.24. The van der Waals surface area contributed by atoms with Gasteiger partial charge in [0.1, 0.15) is 5.69 Å². The minimum Gasteiger partial charge on any atom is -0.477 e. The maximum Gasteiger partial charge on any atom is 0.352 e. The van der Waals surface area contributed by atoms with Crippen molar-refractivity contribution in [3.8, 4) is 0 Å². The third kappa shape index (κ3) is 3.11. The molecule has 0 saturated carbocycles. The summed E-state index contributed by atoms with van der Waals surface area (Å²) in [5.41, 5.74) is 12.1. The fraction of sp³-hybridized carbons (Fsp3) is 0.286. The Hall–Kier alpha value is -2.21. The van der Waals surface area contributed by atoms with Gasteiger partial charge in [-0.25, -0.2) is 9.79 Å². The minimum absolute atomic E-state index is 0.0783. The van der Waals surface area contributed by atoms with Gasteiger partial charge >= 0.3 is 5.97 Å². The summed E-state index contributed by atoms with van der Waals surface area (Å²) in [7, 11) is 0. The number of aromatic carboxylic acids is 1. The molecular weight excluding hydrogens is 292 g/mol. The number of aliphatic imine (C=N–C) groups is 1. The predicted molar refractivity (Wildman–Crippen MR) is 84.2 cm³/mol. The van der Waals surface area contributed by atoms with Crippen LogP contribution in [0.1, 0.15) is 24.3 Å². The third-order valence-corrected chi connectivity index (χ3v) is 3.24. The van der Waals surface area contributed by atoms with Crippen molar-refractivity contribution in [1.82, 2.24) is 4.57 Å². The number of rotatable bonds is 4. The van der Waals surface area contributed by atoms with E-state index in [9.17, 15) is 9.90 Å².